The second-order valence-electron chi connectivity index (χ2n) is 7.40. The summed E-state index contributed by atoms with van der Waals surface area (Å²) in [6.45, 7) is 1.62. The Kier molecular flexibility index (Phi) is 7.20. The first-order valence-electron chi connectivity index (χ1n) is 9.82. The van der Waals surface area contributed by atoms with Crippen molar-refractivity contribution in [1.29, 1.82) is 0 Å². The Morgan fingerprint density at radius 2 is 1.36 bits per heavy atom. The Labute approximate surface area is 165 Å². The number of carboxylic acids is 1. The molecule has 0 bridgehead atoms. The summed E-state index contributed by atoms with van der Waals surface area (Å²) in [4.78, 5) is 23.3. The van der Waals surface area contributed by atoms with Gasteiger partial charge in [-0.05, 0) is 42.4 Å². The van der Waals surface area contributed by atoms with E-state index in [0.29, 0.717) is 45.4 Å². The van der Waals surface area contributed by atoms with Crippen molar-refractivity contribution < 1.29 is 19.4 Å². The van der Waals surface area contributed by atoms with Gasteiger partial charge >= 0.3 is 5.97 Å². The summed E-state index contributed by atoms with van der Waals surface area (Å²) in [6, 6.07) is 18.1. The summed E-state index contributed by atoms with van der Waals surface area (Å²) >= 11 is 0. The third-order valence-corrected chi connectivity index (χ3v) is 5.32. The highest BCUT2D eigenvalue weighted by molar-refractivity contribution is 5.79. The molecule has 2 N–H and O–H groups in total. The number of carboxylic acid groups (broad SMARTS) is 1. The molecule has 0 aliphatic heterocycles. The van der Waals surface area contributed by atoms with E-state index >= 15 is 0 Å². The van der Waals surface area contributed by atoms with E-state index < -0.39 is 5.97 Å². The molecule has 148 valence electrons. The van der Waals surface area contributed by atoms with Gasteiger partial charge in [-0.3, -0.25) is 9.59 Å². The Balaban J connectivity index is 1.38. The molecule has 28 heavy (non-hydrogen) atoms. The van der Waals surface area contributed by atoms with Crippen molar-refractivity contribution in [3.8, 4) is 0 Å². The van der Waals surface area contributed by atoms with E-state index in [2.05, 4.69) is 5.32 Å². The third-order valence-electron chi connectivity index (χ3n) is 5.32. The van der Waals surface area contributed by atoms with Gasteiger partial charge in [-0.2, -0.15) is 0 Å². The number of nitrogens with one attached hydrogen (secondary N) is 1. The summed E-state index contributed by atoms with van der Waals surface area (Å²) in [6.07, 6.45) is 2.48. The molecule has 5 nitrogen and oxygen atoms in total. The lowest BCUT2D eigenvalue weighted by Crippen LogP contribution is -2.34. The first-order valence-corrected chi connectivity index (χ1v) is 9.82. The summed E-state index contributed by atoms with van der Waals surface area (Å²) in [5.41, 5.74) is 3.29. The zero-order chi connectivity index (χ0) is 19.8. The molecule has 2 aromatic carbocycles. The lowest BCUT2D eigenvalue weighted by Gasteiger charge is -2.25. The lowest BCUT2D eigenvalue weighted by atomic mass is 9.81. The molecule has 1 saturated carbocycles. The van der Waals surface area contributed by atoms with E-state index in [-0.39, 0.29) is 17.7 Å². The van der Waals surface area contributed by atoms with Gasteiger partial charge in [0.25, 0.3) is 0 Å². The molecule has 3 rings (SSSR count). The van der Waals surface area contributed by atoms with Crippen LogP contribution >= 0.6 is 0 Å². The molecule has 1 aliphatic rings. The minimum absolute atomic E-state index is 0.0270. The van der Waals surface area contributed by atoms with Crippen LogP contribution in [0.1, 0.15) is 42.4 Å². The standard InChI is InChI=1S/C23H27NO4/c25-22(20-10-12-21(13-11-20)23(26)27)24-14-17-6-8-19(9-7-17)16-28-15-18-4-2-1-3-5-18/h1-9,20-21H,10-16H2,(H,24,25)(H,26,27). The van der Waals surface area contributed by atoms with Gasteiger partial charge in [0.05, 0.1) is 19.1 Å². The highest BCUT2D eigenvalue weighted by Gasteiger charge is 2.29. The molecular formula is C23H27NO4. The van der Waals surface area contributed by atoms with Crippen LogP contribution in [-0.2, 0) is 34.1 Å². The molecule has 2 aromatic rings. The van der Waals surface area contributed by atoms with Gasteiger partial charge in [-0.15, -0.1) is 0 Å². The quantitative estimate of drug-likeness (QED) is 0.727. The average molecular weight is 381 g/mol. The number of benzene rings is 2. The predicted molar refractivity (Wildman–Crippen MR) is 106 cm³/mol. The zero-order valence-electron chi connectivity index (χ0n) is 16.0. The smallest absolute Gasteiger partial charge is 0.306 e. The Morgan fingerprint density at radius 3 is 1.96 bits per heavy atom. The van der Waals surface area contributed by atoms with Gasteiger partial charge < -0.3 is 15.2 Å². The zero-order valence-corrected chi connectivity index (χ0v) is 16.0. The van der Waals surface area contributed by atoms with Crippen LogP contribution in [0.5, 0.6) is 0 Å². The predicted octanol–water partition coefficient (Wildman–Crippen LogP) is 3.91. The van der Waals surface area contributed by atoms with Gasteiger partial charge in [-0.1, -0.05) is 54.6 Å². The first kappa shape index (κ1) is 20.1. The highest BCUT2D eigenvalue weighted by atomic mass is 16.5. The monoisotopic (exact) mass is 381 g/mol. The lowest BCUT2D eigenvalue weighted by molar-refractivity contribution is -0.144. The van der Waals surface area contributed by atoms with Gasteiger partial charge in [0.15, 0.2) is 0 Å². The molecule has 1 amide bonds. The SMILES string of the molecule is O=C(O)C1CCC(C(=O)NCc2ccc(COCc3ccccc3)cc2)CC1. The molecule has 5 heteroatoms. The fourth-order valence-corrected chi connectivity index (χ4v) is 3.55. The number of hydrogen-bond donors (Lipinski definition) is 2. The van der Waals surface area contributed by atoms with Crippen LogP contribution in [0.2, 0.25) is 0 Å². The fourth-order valence-electron chi connectivity index (χ4n) is 3.55. The number of ether oxygens (including phenoxy) is 1. The Morgan fingerprint density at radius 1 is 0.821 bits per heavy atom. The molecule has 0 spiro atoms. The second kappa shape index (κ2) is 10.0. The van der Waals surface area contributed by atoms with E-state index in [4.69, 9.17) is 9.84 Å². The van der Waals surface area contributed by atoms with Crippen molar-refractivity contribution in [3.63, 3.8) is 0 Å². The topological polar surface area (TPSA) is 75.6 Å². The number of carbonyl (C=O) groups is 2. The van der Waals surface area contributed by atoms with Crippen molar-refractivity contribution in [3.05, 3.63) is 71.3 Å². The molecular weight excluding hydrogens is 354 g/mol. The normalized spacial score (nSPS) is 19.1. The number of rotatable bonds is 8. The molecule has 1 aliphatic carbocycles. The number of amides is 1. The van der Waals surface area contributed by atoms with Crippen molar-refractivity contribution in [2.75, 3.05) is 0 Å². The summed E-state index contributed by atoms with van der Waals surface area (Å²) in [5, 5.41) is 12.0. The van der Waals surface area contributed by atoms with E-state index in [1.807, 2.05) is 54.6 Å². The van der Waals surface area contributed by atoms with E-state index in [0.717, 1.165) is 16.7 Å². The van der Waals surface area contributed by atoms with Crippen LogP contribution < -0.4 is 5.32 Å². The molecule has 0 saturated heterocycles. The van der Waals surface area contributed by atoms with Crippen LogP contribution in [0.4, 0.5) is 0 Å². The summed E-state index contributed by atoms with van der Waals surface area (Å²) in [7, 11) is 0. The van der Waals surface area contributed by atoms with Crippen LogP contribution in [0.3, 0.4) is 0 Å². The Hall–Kier alpha value is -2.66. The minimum atomic E-state index is -0.744. The van der Waals surface area contributed by atoms with E-state index in [1.54, 1.807) is 0 Å². The van der Waals surface area contributed by atoms with E-state index in [1.165, 1.54) is 0 Å². The second-order valence-corrected chi connectivity index (χ2v) is 7.40. The van der Waals surface area contributed by atoms with Crippen molar-refractivity contribution in [1.82, 2.24) is 5.32 Å². The maximum absolute atomic E-state index is 12.3. The van der Waals surface area contributed by atoms with Gasteiger partial charge in [0.2, 0.25) is 5.91 Å². The molecule has 0 unspecified atom stereocenters. The van der Waals surface area contributed by atoms with Crippen molar-refractivity contribution >= 4 is 11.9 Å². The molecule has 0 radical (unpaired) electrons. The van der Waals surface area contributed by atoms with Crippen LogP contribution in [0.15, 0.2) is 54.6 Å². The van der Waals surface area contributed by atoms with Crippen molar-refractivity contribution in [2.24, 2.45) is 11.8 Å². The maximum Gasteiger partial charge on any atom is 0.306 e. The molecule has 0 aromatic heterocycles. The van der Waals surface area contributed by atoms with Crippen LogP contribution in [0, 0.1) is 11.8 Å². The van der Waals surface area contributed by atoms with Crippen LogP contribution in [-0.4, -0.2) is 17.0 Å². The summed E-state index contributed by atoms with van der Waals surface area (Å²) in [5.74, 6) is -1.08. The maximum atomic E-state index is 12.3. The molecule has 0 heterocycles. The average Bonchev–Trinajstić information content (AvgIpc) is 2.74. The largest absolute Gasteiger partial charge is 0.481 e. The Bertz CT molecular complexity index is 765. The number of hydrogen-bond acceptors (Lipinski definition) is 3. The third kappa shape index (κ3) is 5.92. The fraction of sp³-hybridized carbons (Fsp3) is 0.391. The van der Waals surface area contributed by atoms with Crippen molar-refractivity contribution in [2.45, 2.75) is 45.4 Å². The molecule has 1 fully saturated rings. The first-order chi connectivity index (χ1) is 13.6. The van der Waals surface area contributed by atoms with Crippen LogP contribution in [0.25, 0.3) is 0 Å². The van der Waals surface area contributed by atoms with Gasteiger partial charge in [0.1, 0.15) is 0 Å². The van der Waals surface area contributed by atoms with E-state index in [9.17, 15) is 9.59 Å². The number of carbonyl (C=O) groups excluding carboxylic acids is 1. The highest BCUT2D eigenvalue weighted by Crippen LogP contribution is 2.29. The van der Waals surface area contributed by atoms with Gasteiger partial charge in [-0.25, -0.2) is 0 Å². The molecule has 0 atom stereocenters. The number of aliphatic carboxylic acids is 1. The summed E-state index contributed by atoms with van der Waals surface area (Å²) < 4.78 is 5.74. The minimum Gasteiger partial charge on any atom is -0.481 e. The van der Waals surface area contributed by atoms with Gasteiger partial charge in [0, 0.05) is 12.5 Å².